The molecule has 0 saturated carbocycles. The Hall–Kier alpha value is -3.08. The Labute approximate surface area is 205 Å². The second-order valence-corrected chi connectivity index (χ2v) is 9.24. The van der Waals surface area contributed by atoms with Crippen LogP contribution in [0.15, 0.2) is 41.2 Å². The first-order valence-corrected chi connectivity index (χ1v) is 11.8. The van der Waals surface area contributed by atoms with Gasteiger partial charge in [0.15, 0.2) is 5.82 Å². The van der Waals surface area contributed by atoms with Crippen LogP contribution in [-0.2, 0) is 13.2 Å². The van der Waals surface area contributed by atoms with E-state index in [0.717, 1.165) is 24.1 Å². The average molecular weight is 510 g/mol. The van der Waals surface area contributed by atoms with Crippen molar-refractivity contribution in [2.45, 2.75) is 57.9 Å². The number of fused-ring (bicyclic) bond motifs is 1. The molecule has 3 heterocycles. The van der Waals surface area contributed by atoms with Gasteiger partial charge >= 0.3 is 11.9 Å². The van der Waals surface area contributed by atoms with E-state index in [-0.39, 0.29) is 29.5 Å². The van der Waals surface area contributed by atoms with E-state index in [1.54, 1.807) is 0 Å². The summed E-state index contributed by atoms with van der Waals surface area (Å²) in [5.74, 6) is 0.267. The van der Waals surface area contributed by atoms with Crippen LogP contribution in [0.5, 0.6) is 0 Å². The van der Waals surface area contributed by atoms with Gasteiger partial charge in [-0.3, -0.25) is 9.47 Å². The van der Waals surface area contributed by atoms with Crippen molar-refractivity contribution in [1.82, 2.24) is 19.4 Å². The van der Waals surface area contributed by atoms with Gasteiger partial charge in [0.1, 0.15) is 11.2 Å². The number of aryl methyl sites for hydroxylation is 1. The van der Waals surface area contributed by atoms with Crippen molar-refractivity contribution in [1.29, 1.82) is 0 Å². The number of benzene rings is 1. The maximum Gasteiger partial charge on any atom is 0.416 e. The smallest absolute Gasteiger partial charge is 0.349 e. The first-order valence-electron chi connectivity index (χ1n) is 11.8. The van der Waals surface area contributed by atoms with Crippen molar-refractivity contribution in [3.8, 4) is 0 Å². The molecule has 0 N–H and O–H groups in total. The molecule has 6 nitrogen and oxygen atoms in total. The summed E-state index contributed by atoms with van der Waals surface area (Å²) in [6.07, 6.45) is -6.43. The topological polar surface area (TPSA) is 54.3 Å². The molecule has 2 unspecified atom stereocenters. The number of alkyl halides is 5. The number of halogens is 5. The van der Waals surface area contributed by atoms with E-state index in [1.807, 2.05) is 25.7 Å². The molecule has 0 spiro atoms. The van der Waals surface area contributed by atoms with Gasteiger partial charge in [-0.25, -0.2) is 18.6 Å². The van der Waals surface area contributed by atoms with Gasteiger partial charge in [0.05, 0.1) is 11.1 Å². The Balaban J connectivity index is 1.67. The minimum atomic E-state index is -4.39. The molecule has 194 valence electrons. The van der Waals surface area contributed by atoms with Gasteiger partial charge in [-0.2, -0.15) is 18.2 Å². The van der Waals surface area contributed by atoms with Crippen LogP contribution >= 0.6 is 0 Å². The molecular formula is C25H28F5N5O. The van der Waals surface area contributed by atoms with Gasteiger partial charge in [-0.15, -0.1) is 0 Å². The third-order valence-corrected chi connectivity index (χ3v) is 7.03. The minimum absolute atomic E-state index is 0.0160. The highest BCUT2D eigenvalue weighted by Crippen LogP contribution is 2.35. The molecule has 1 saturated heterocycles. The zero-order chi connectivity index (χ0) is 26.4. The minimum Gasteiger partial charge on any atom is -0.349 e. The summed E-state index contributed by atoms with van der Waals surface area (Å²) in [6, 6.07) is 7.52. The van der Waals surface area contributed by atoms with Crippen molar-refractivity contribution >= 4 is 16.9 Å². The first-order chi connectivity index (χ1) is 16.9. The van der Waals surface area contributed by atoms with E-state index < -0.39 is 29.5 Å². The van der Waals surface area contributed by atoms with Crippen LogP contribution in [-0.4, -0.2) is 44.6 Å². The number of anilines is 1. The third-order valence-electron chi connectivity index (χ3n) is 7.03. The van der Waals surface area contributed by atoms with Crippen LogP contribution in [0.4, 0.5) is 27.8 Å². The number of hydrogen-bond acceptors (Lipinski definition) is 5. The van der Waals surface area contributed by atoms with Crippen LogP contribution in [0, 0.1) is 0 Å². The number of aromatic nitrogens is 3. The fourth-order valence-corrected chi connectivity index (χ4v) is 4.89. The van der Waals surface area contributed by atoms with Crippen LogP contribution in [0.25, 0.3) is 11.0 Å². The first kappa shape index (κ1) is 26.0. The van der Waals surface area contributed by atoms with E-state index in [4.69, 9.17) is 0 Å². The van der Waals surface area contributed by atoms with E-state index >= 15 is 0 Å². The Kier molecular flexibility index (Phi) is 7.05. The molecule has 1 aromatic carbocycles. The average Bonchev–Trinajstić information content (AvgIpc) is 2.85. The van der Waals surface area contributed by atoms with Crippen molar-refractivity contribution < 1.29 is 22.0 Å². The molecule has 1 aliphatic heterocycles. The molecule has 3 aromatic rings. The molecule has 3 atom stereocenters. The molecule has 1 aliphatic rings. The molecule has 1 fully saturated rings. The largest absolute Gasteiger partial charge is 0.416 e. The normalized spacial score (nSPS) is 20.3. The molecule has 0 bridgehead atoms. The Morgan fingerprint density at radius 3 is 2.31 bits per heavy atom. The molecule has 0 aliphatic carbocycles. The van der Waals surface area contributed by atoms with Gasteiger partial charge in [0.25, 0.3) is 6.43 Å². The van der Waals surface area contributed by atoms with Crippen molar-refractivity contribution in [3.05, 3.63) is 63.7 Å². The monoisotopic (exact) mass is 509 g/mol. The maximum absolute atomic E-state index is 13.4. The predicted molar refractivity (Wildman–Crippen MR) is 127 cm³/mol. The lowest BCUT2D eigenvalue weighted by atomic mass is 9.98. The molecule has 4 rings (SSSR count). The van der Waals surface area contributed by atoms with Crippen molar-refractivity contribution in [3.63, 3.8) is 0 Å². The number of piperazine rings is 1. The van der Waals surface area contributed by atoms with Crippen LogP contribution < -0.4 is 10.6 Å². The summed E-state index contributed by atoms with van der Waals surface area (Å²) in [5, 5.41) is 0. The summed E-state index contributed by atoms with van der Waals surface area (Å²) >= 11 is 0. The SMILES string of the molecule is CC[C@@H]1CN(c2nc(=O)n(C)c3ccc(C(F)F)nc23)C(C)CN1C(C)c1ccc(C(F)(F)F)cc1. The van der Waals surface area contributed by atoms with Crippen molar-refractivity contribution in [2.75, 3.05) is 18.0 Å². The fourth-order valence-electron chi connectivity index (χ4n) is 4.89. The lowest BCUT2D eigenvalue weighted by Crippen LogP contribution is -2.58. The van der Waals surface area contributed by atoms with E-state index in [0.29, 0.717) is 18.6 Å². The molecule has 0 amide bonds. The van der Waals surface area contributed by atoms with E-state index in [9.17, 15) is 26.7 Å². The molecular weight excluding hydrogens is 481 g/mol. The summed E-state index contributed by atoms with van der Waals surface area (Å²) in [5.41, 5.74) is -0.176. The Morgan fingerprint density at radius 1 is 1.06 bits per heavy atom. The predicted octanol–water partition coefficient (Wildman–Crippen LogP) is 5.34. The zero-order valence-electron chi connectivity index (χ0n) is 20.4. The van der Waals surface area contributed by atoms with E-state index in [1.165, 1.54) is 35.9 Å². The fraction of sp³-hybridized carbons (Fsp3) is 0.480. The number of rotatable bonds is 5. The molecule has 11 heteroatoms. The zero-order valence-corrected chi connectivity index (χ0v) is 20.4. The maximum atomic E-state index is 13.4. The van der Waals surface area contributed by atoms with Gasteiger partial charge in [0, 0.05) is 38.3 Å². The van der Waals surface area contributed by atoms with Gasteiger partial charge in [-0.1, -0.05) is 19.1 Å². The van der Waals surface area contributed by atoms with Gasteiger partial charge in [-0.05, 0) is 50.1 Å². The summed E-state index contributed by atoms with van der Waals surface area (Å²) in [7, 11) is 1.52. The third kappa shape index (κ3) is 4.80. The Morgan fingerprint density at radius 2 is 1.72 bits per heavy atom. The molecule has 2 aromatic heterocycles. The summed E-state index contributed by atoms with van der Waals surface area (Å²) < 4.78 is 67.0. The number of pyridine rings is 1. The molecule has 0 radical (unpaired) electrons. The highest BCUT2D eigenvalue weighted by atomic mass is 19.4. The highest BCUT2D eigenvalue weighted by molar-refractivity contribution is 5.86. The highest BCUT2D eigenvalue weighted by Gasteiger charge is 2.36. The van der Waals surface area contributed by atoms with Gasteiger partial charge < -0.3 is 4.90 Å². The molecule has 36 heavy (non-hydrogen) atoms. The lowest BCUT2D eigenvalue weighted by Gasteiger charge is -2.48. The van der Waals surface area contributed by atoms with Crippen LogP contribution in [0.3, 0.4) is 0 Å². The standard InChI is InChI=1S/C25H28F5N5O/c1-5-18-13-34(23-21-20(33(4)24(36)32-23)11-10-19(31-21)22(26)27)14(2)12-35(18)15(3)16-6-8-17(9-7-16)25(28,29)30/h6-11,14-15,18,22H,5,12-13H2,1-4H3/t14?,15?,18-/m1/s1. The van der Waals surface area contributed by atoms with Crippen LogP contribution in [0.1, 0.15) is 56.5 Å². The quantitative estimate of drug-likeness (QED) is 0.435. The Bertz CT molecular complexity index is 1290. The number of hydrogen-bond donors (Lipinski definition) is 0. The lowest BCUT2D eigenvalue weighted by molar-refractivity contribution is -0.137. The van der Waals surface area contributed by atoms with Gasteiger partial charge in [0.2, 0.25) is 0 Å². The van der Waals surface area contributed by atoms with E-state index in [2.05, 4.69) is 14.9 Å². The summed E-state index contributed by atoms with van der Waals surface area (Å²) in [4.78, 5) is 25.1. The van der Waals surface area contributed by atoms with Crippen LogP contribution in [0.2, 0.25) is 0 Å². The second kappa shape index (κ2) is 9.76. The second-order valence-electron chi connectivity index (χ2n) is 9.24. The summed E-state index contributed by atoms with van der Waals surface area (Å²) in [6.45, 7) is 6.90. The van der Waals surface area contributed by atoms with Crippen molar-refractivity contribution in [2.24, 2.45) is 7.05 Å². The number of nitrogens with zero attached hydrogens (tertiary/aromatic N) is 5.